The van der Waals surface area contributed by atoms with E-state index in [4.69, 9.17) is 0 Å². The van der Waals surface area contributed by atoms with Gasteiger partial charge < -0.3 is 5.11 Å². The third kappa shape index (κ3) is 2.27. The minimum absolute atomic E-state index is 0.187. The summed E-state index contributed by atoms with van der Waals surface area (Å²) in [6.45, 7) is 0.200. The molecule has 0 heterocycles. The van der Waals surface area contributed by atoms with E-state index in [2.05, 4.69) is 4.72 Å². The molecule has 4 nitrogen and oxygen atoms in total. The Morgan fingerprint density at radius 1 is 1.29 bits per heavy atom. The fourth-order valence-electron chi connectivity index (χ4n) is 1.94. The van der Waals surface area contributed by atoms with Crippen LogP contribution in [0.4, 0.5) is 0 Å². The summed E-state index contributed by atoms with van der Waals surface area (Å²) < 4.78 is 25.5. The maximum absolute atomic E-state index is 11.5. The van der Waals surface area contributed by atoms with Gasteiger partial charge in [0, 0.05) is 6.54 Å². The highest BCUT2D eigenvalue weighted by atomic mass is 32.2. The first-order chi connectivity index (χ1) is 6.52. The molecular formula is C9H17NO3S. The smallest absolute Gasteiger partial charge is 0.214 e. The van der Waals surface area contributed by atoms with E-state index in [0.717, 1.165) is 38.5 Å². The molecule has 0 unspecified atom stereocenters. The molecule has 5 heteroatoms. The largest absolute Gasteiger partial charge is 0.389 e. The first-order valence-electron chi connectivity index (χ1n) is 5.23. The van der Waals surface area contributed by atoms with Crippen LogP contribution in [0.15, 0.2) is 0 Å². The predicted molar refractivity (Wildman–Crippen MR) is 53.4 cm³/mol. The third-order valence-corrected chi connectivity index (χ3v) is 5.00. The lowest BCUT2D eigenvalue weighted by molar-refractivity contribution is 0.0531. The SMILES string of the molecule is O=S(=O)(NCC1(O)CCCC1)C1CC1. The Labute approximate surface area is 84.8 Å². The summed E-state index contributed by atoms with van der Waals surface area (Å²) in [6.07, 6.45) is 4.99. The lowest BCUT2D eigenvalue weighted by Gasteiger charge is -2.22. The Kier molecular flexibility index (Phi) is 2.57. The van der Waals surface area contributed by atoms with E-state index in [0.29, 0.717) is 0 Å². The molecule has 0 bridgehead atoms. The monoisotopic (exact) mass is 219 g/mol. The van der Waals surface area contributed by atoms with E-state index in [9.17, 15) is 13.5 Å². The van der Waals surface area contributed by atoms with E-state index < -0.39 is 15.6 Å². The van der Waals surface area contributed by atoms with Crippen molar-refractivity contribution in [3.05, 3.63) is 0 Å². The van der Waals surface area contributed by atoms with E-state index in [-0.39, 0.29) is 11.8 Å². The van der Waals surface area contributed by atoms with Crippen molar-refractivity contribution < 1.29 is 13.5 Å². The molecule has 14 heavy (non-hydrogen) atoms. The number of sulfonamides is 1. The standard InChI is InChI=1S/C9H17NO3S/c11-9(5-1-2-6-9)7-10-14(12,13)8-3-4-8/h8,10-11H,1-7H2. The second-order valence-corrected chi connectivity index (χ2v) is 6.54. The van der Waals surface area contributed by atoms with Gasteiger partial charge in [0.2, 0.25) is 10.0 Å². The van der Waals surface area contributed by atoms with E-state index in [1.165, 1.54) is 0 Å². The van der Waals surface area contributed by atoms with E-state index in [1.807, 2.05) is 0 Å². The van der Waals surface area contributed by atoms with Crippen LogP contribution in [-0.4, -0.2) is 30.9 Å². The van der Waals surface area contributed by atoms with Crippen molar-refractivity contribution in [2.45, 2.75) is 49.4 Å². The molecule has 2 aliphatic carbocycles. The summed E-state index contributed by atoms with van der Waals surface area (Å²) in [5, 5.41) is 9.74. The van der Waals surface area contributed by atoms with Gasteiger partial charge in [-0.2, -0.15) is 0 Å². The number of hydrogen-bond acceptors (Lipinski definition) is 3. The topological polar surface area (TPSA) is 66.4 Å². The molecule has 0 atom stereocenters. The van der Waals surface area contributed by atoms with Crippen LogP contribution in [0.5, 0.6) is 0 Å². The number of nitrogens with one attached hydrogen (secondary N) is 1. The van der Waals surface area contributed by atoms with Crippen LogP contribution in [0, 0.1) is 0 Å². The van der Waals surface area contributed by atoms with Crippen molar-refractivity contribution in [1.82, 2.24) is 4.72 Å². The van der Waals surface area contributed by atoms with Crippen LogP contribution in [0.3, 0.4) is 0 Å². The molecule has 82 valence electrons. The van der Waals surface area contributed by atoms with Gasteiger partial charge >= 0.3 is 0 Å². The van der Waals surface area contributed by atoms with Crippen molar-refractivity contribution in [3.8, 4) is 0 Å². The van der Waals surface area contributed by atoms with Gasteiger partial charge in [-0.05, 0) is 25.7 Å². The van der Waals surface area contributed by atoms with Crippen molar-refractivity contribution in [2.24, 2.45) is 0 Å². The van der Waals surface area contributed by atoms with Gasteiger partial charge in [-0.1, -0.05) is 12.8 Å². The van der Waals surface area contributed by atoms with Crippen LogP contribution in [0.25, 0.3) is 0 Å². The van der Waals surface area contributed by atoms with Crippen LogP contribution in [-0.2, 0) is 10.0 Å². The highest BCUT2D eigenvalue weighted by molar-refractivity contribution is 7.90. The molecule has 2 rings (SSSR count). The number of aliphatic hydroxyl groups is 1. The molecule has 2 aliphatic rings. The van der Waals surface area contributed by atoms with Crippen LogP contribution in [0.1, 0.15) is 38.5 Å². The van der Waals surface area contributed by atoms with E-state index in [1.54, 1.807) is 0 Å². The summed E-state index contributed by atoms with van der Waals surface area (Å²) >= 11 is 0. The summed E-state index contributed by atoms with van der Waals surface area (Å²) in [4.78, 5) is 0. The third-order valence-electron chi connectivity index (χ3n) is 3.10. The number of hydrogen-bond donors (Lipinski definition) is 2. The number of rotatable bonds is 4. The fraction of sp³-hybridized carbons (Fsp3) is 1.00. The van der Waals surface area contributed by atoms with Crippen LogP contribution in [0.2, 0.25) is 0 Å². The van der Waals surface area contributed by atoms with Crippen LogP contribution >= 0.6 is 0 Å². The molecule has 0 aromatic rings. The van der Waals surface area contributed by atoms with Crippen molar-refractivity contribution >= 4 is 10.0 Å². The first kappa shape index (κ1) is 10.4. The minimum atomic E-state index is -3.12. The quantitative estimate of drug-likeness (QED) is 0.718. The molecular weight excluding hydrogens is 202 g/mol. The maximum atomic E-state index is 11.5. The molecule has 0 aromatic carbocycles. The molecule has 2 N–H and O–H groups in total. The van der Waals surface area contributed by atoms with Gasteiger partial charge in [0.25, 0.3) is 0 Å². The Hall–Kier alpha value is -0.130. The van der Waals surface area contributed by atoms with Gasteiger partial charge in [0.05, 0.1) is 10.9 Å². The van der Waals surface area contributed by atoms with Gasteiger partial charge in [0.1, 0.15) is 0 Å². The molecule has 0 aliphatic heterocycles. The average Bonchev–Trinajstić information content (AvgIpc) is 2.89. The lowest BCUT2D eigenvalue weighted by Crippen LogP contribution is -2.41. The minimum Gasteiger partial charge on any atom is -0.389 e. The highest BCUT2D eigenvalue weighted by Gasteiger charge is 2.38. The molecule has 0 spiro atoms. The Bertz CT molecular complexity index is 302. The maximum Gasteiger partial charge on any atom is 0.214 e. The summed E-state index contributed by atoms with van der Waals surface area (Å²) in [5.41, 5.74) is -0.776. The lowest BCUT2D eigenvalue weighted by atomic mass is 10.0. The fourth-order valence-corrected chi connectivity index (χ4v) is 3.40. The molecule has 0 amide bonds. The zero-order chi connectivity index (χ0) is 10.2. The zero-order valence-corrected chi connectivity index (χ0v) is 9.02. The summed E-state index contributed by atoms with van der Waals surface area (Å²) in [6, 6.07) is 0. The van der Waals surface area contributed by atoms with Crippen molar-refractivity contribution in [1.29, 1.82) is 0 Å². The molecule has 0 radical (unpaired) electrons. The second kappa shape index (κ2) is 3.47. The van der Waals surface area contributed by atoms with Gasteiger partial charge in [-0.15, -0.1) is 0 Å². The molecule has 0 aromatic heterocycles. The van der Waals surface area contributed by atoms with Gasteiger partial charge in [-0.3, -0.25) is 0 Å². The summed E-state index contributed by atoms with van der Waals surface area (Å²) in [5.74, 6) is 0. The normalized spacial score (nSPS) is 26.6. The average molecular weight is 219 g/mol. The van der Waals surface area contributed by atoms with Gasteiger partial charge in [0.15, 0.2) is 0 Å². The Morgan fingerprint density at radius 2 is 1.86 bits per heavy atom. The summed E-state index contributed by atoms with van der Waals surface area (Å²) in [7, 11) is -3.12. The first-order valence-corrected chi connectivity index (χ1v) is 6.77. The zero-order valence-electron chi connectivity index (χ0n) is 8.20. The van der Waals surface area contributed by atoms with Crippen molar-refractivity contribution in [2.75, 3.05) is 6.54 Å². The Balaban J connectivity index is 1.86. The second-order valence-electron chi connectivity index (χ2n) is 4.50. The molecule has 2 fully saturated rings. The molecule has 2 saturated carbocycles. The Morgan fingerprint density at radius 3 is 2.36 bits per heavy atom. The molecule has 0 saturated heterocycles. The van der Waals surface area contributed by atoms with Gasteiger partial charge in [-0.25, -0.2) is 13.1 Å². The highest BCUT2D eigenvalue weighted by Crippen LogP contribution is 2.31. The van der Waals surface area contributed by atoms with E-state index >= 15 is 0 Å². The predicted octanol–water partition coefficient (Wildman–Crippen LogP) is 0.373. The van der Waals surface area contributed by atoms with Crippen LogP contribution < -0.4 is 4.72 Å². The van der Waals surface area contributed by atoms with Crippen molar-refractivity contribution in [3.63, 3.8) is 0 Å².